The molecular weight excluding hydrogens is 268 g/mol. The summed E-state index contributed by atoms with van der Waals surface area (Å²) < 4.78 is 4.51. The van der Waals surface area contributed by atoms with E-state index in [-0.39, 0.29) is 0 Å². The SMILES string of the molecule is COC(=O)Nc1ccc(N=Nc2cc(N)ccc2C)cc1. The van der Waals surface area contributed by atoms with Gasteiger partial charge < -0.3 is 10.5 Å². The van der Waals surface area contributed by atoms with Crippen molar-refractivity contribution in [1.29, 1.82) is 0 Å². The third kappa shape index (κ3) is 4.04. The monoisotopic (exact) mass is 284 g/mol. The van der Waals surface area contributed by atoms with E-state index < -0.39 is 6.09 Å². The molecule has 21 heavy (non-hydrogen) atoms. The fraction of sp³-hybridized carbons (Fsp3) is 0.133. The maximum atomic E-state index is 11.1. The van der Waals surface area contributed by atoms with Crippen molar-refractivity contribution in [3.63, 3.8) is 0 Å². The first-order valence-corrected chi connectivity index (χ1v) is 6.31. The number of carbonyl (C=O) groups is 1. The second-order valence-corrected chi connectivity index (χ2v) is 4.41. The number of ether oxygens (including phenoxy) is 1. The van der Waals surface area contributed by atoms with Crippen molar-refractivity contribution in [2.75, 3.05) is 18.2 Å². The predicted octanol–water partition coefficient (Wildman–Crippen LogP) is 4.17. The van der Waals surface area contributed by atoms with Crippen molar-refractivity contribution in [2.45, 2.75) is 6.92 Å². The first-order chi connectivity index (χ1) is 10.1. The molecule has 2 aromatic carbocycles. The van der Waals surface area contributed by atoms with Gasteiger partial charge in [-0.15, -0.1) is 0 Å². The van der Waals surface area contributed by atoms with Crippen LogP contribution in [0.4, 0.5) is 27.5 Å². The Labute approximate surface area is 122 Å². The van der Waals surface area contributed by atoms with Crippen molar-refractivity contribution < 1.29 is 9.53 Å². The summed E-state index contributed by atoms with van der Waals surface area (Å²) in [5.41, 5.74) is 9.39. The van der Waals surface area contributed by atoms with E-state index >= 15 is 0 Å². The molecule has 0 heterocycles. The summed E-state index contributed by atoms with van der Waals surface area (Å²) in [5.74, 6) is 0. The van der Waals surface area contributed by atoms with E-state index in [1.807, 2.05) is 19.1 Å². The molecule has 0 unspecified atom stereocenters. The minimum atomic E-state index is -0.514. The number of carbonyl (C=O) groups excluding carboxylic acids is 1. The molecule has 0 aliphatic carbocycles. The van der Waals surface area contributed by atoms with Crippen LogP contribution in [0.2, 0.25) is 0 Å². The standard InChI is InChI=1S/C15H16N4O2/c1-10-3-4-11(16)9-14(10)19-18-13-7-5-12(6-8-13)17-15(20)21-2/h3-9H,16H2,1-2H3,(H,17,20). The van der Waals surface area contributed by atoms with Gasteiger partial charge in [0.25, 0.3) is 0 Å². The molecule has 0 aliphatic rings. The average molecular weight is 284 g/mol. The zero-order valence-corrected chi connectivity index (χ0v) is 11.8. The summed E-state index contributed by atoms with van der Waals surface area (Å²) in [6, 6.07) is 12.4. The molecule has 2 rings (SSSR count). The van der Waals surface area contributed by atoms with Crippen molar-refractivity contribution in [3.05, 3.63) is 48.0 Å². The lowest BCUT2D eigenvalue weighted by atomic mass is 10.2. The van der Waals surface area contributed by atoms with Gasteiger partial charge in [-0.25, -0.2) is 4.79 Å². The zero-order chi connectivity index (χ0) is 15.2. The van der Waals surface area contributed by atoms with Crippen LogP contribution in [0.5, 0.6) is 0 Å². The Morgan fingerprint density at radius 1 is 1.14 bits per heavy atom. The van der Waals surface area contributed by atoms with Crippen molar-refractivity contribution in [3.8, 4) is 0 Å². The molecule has 0 atom stereocenters. The Morgan fingerprint density at radius 2 is 1.86 bits per heavy atom. The highest BCUT2D eigenvalue weighted by atomic mass is 16.5. The summed E-state index contributed by atoms with van der Waals surface area (Å²) in [6.07, 6.45) is -0.514. The van der Waals surface area contributed by atoms with Gasteiger partial charge in [0.05, 0.1) is 18.5 Å². The lowest BCUT2D eigenvalue weighted by molar-refractivity contribution is 0.187. The molecule has 0 radical (unpaired) electrons. The topological polar surface area (TPSA) is 89.1 Å². The van der Waals surface area contributed by atoms with Crippen molar-refractivity contribution in [1.82, 2.24) is 0 Å². The highest BCUT2D eigenvalue weighted by Gasteiger charge is 2.00. The third-order valence-electron chi connectivity index (χ3n) is 2.81. The summed E-state index contributed by atoms with van der Waals surface area (Å²) in [5, 5.41) is 10.9. The fourth-order valence-electron chi connectivity index (χ4n) is 1.63. The van der Waals surface area contributed by atoms with E-state index in [0.717, 1.165) is 11.3 Å². The third-order valence-corrected chi connectivity index (χ3v) is 2.81. The second-order valence-electron chi connectivity index (χ2n) is 4.41. The Morgan fingerprint density at radius 3 is 2.52 bits per heavy atom. The van der Waals surface area contributed by atoms with Gasteiger partial charge in [0.1, 0.15) is 0 Å². The number of methoxy groups -OCH3 is 1. The molecule has 0 fully saturated rings. The van der Waals surface area contributed by atoms with Gasteiger partial charge in [0.15, 0.2) is 0 Å². The molecule has 0 saturated carbocycles. The van der Waals surface area contributed by atoms with Gasteiger partial charge in [0.2, 0.25) is 0 Å². The summed E-state index contributed by atoms with van der Waals surface area (Å²) in [6.45, 7) is 1.94. The summed E-state index contributed by atoms with van der Waals surface area (Å²) >= 11 is 0. The zero-order valence-electron chi connectivity index (χ0n) is 11.8. The molecule has 108 valence electrons. The summed E-state index contributed by atoms with van der Waals surface area (Å²) in [7, 11) is 1.31. The van der Waals surface area contributed by atoms with E-state index in [4.69, 9.17) is 5.73 Å². The lowest BCUT2D eigenvalue weighted by Crippen LogP contribution is -2.10. The second kappa shape index (κ2) is 6.51. The average Bonchev–Trinajstić information content (AvgIpc) is 2.49. The number of nitrogens with two attached hydrogens (primary N) is 1. The molecule has 0 bridgehead atoms. The molecule has 0 aliphatic heterocycles. The van der Waals surface area contributed by atoms with Crippen molar-refractivity contribution in [2.24, 2.45) is 10.2 Å². The Kier molecular flexibility index (Phi) is 4.50. The number of nitrogens with zero attached hydrogens (tertiary/aromatic N) is 2. The minimum absolute atomic E-state index is 0.514. The fourth-order valence-corrected chi connectivity index (χ4v) is 1.63. The quantitative estimate of drug-likeness (QED) is 0.654. The number of hydrogen-bond donors (Lipinski definition) is 2. The normalized spacial score (nSPS) is 10.6. The van der Waals surface area contributed by atoms with Gasteiger partial charge in [0, 0.05) is 11.4 Å². The van der Waals surface area contributed by atoms with Gasteiger partial charge in [-0.05, 0) is 48.9 Å². The minimum Gasteiger partial charge on any atom is -0.453 e. The number of rotatable bonds is 3. The maximum absolute atomic E-state index is 11.1. The molecule has 1 amide bonds. The Bertz CT molecular complexity index is 666. The van der Waals surface area contributed by atoms with Crippen LogP contribution in [-0.4, -0.2) is 13.2 Å². The highest BCUT2D eigenvalue weighted by Crippen LogP contribution is 2.24. The molecule has 6 heteroatoms. The van der Waals surface area contributed by atoms with Crippen LogP contribution in [-0.2, 0) is 4.74 Å². The number of amides is 1. The van der Waals surface area contributed by atoms with Crippen LogP contribution in [0, 0.1) is 6.92 Å². The van der Waals surface area contributed by atoms with E-state index in [2.05, 4.69) is 20.3 Å². The summed E-state index contributed by atoms with van der Waals surface area (Å²) in [4.78, 5) is 11.1. The Balaban J connectivity index is 2.11. The number of nitrogens with one attached hydrogen (secondary N) is 1. The molecule has 3 N–H and O–H groups in total. The van der Waals surface area contributed by atoms with Crippen LogP contribution >= 0.6 is 0 Å². The molecule has 6 nitrogen and oxygen atoms in total. The number of azo groups is 1. The number of anilines is 2. The number of aryl methyl sites for hydroxylation is 1. The van der Waals surface area contributed by atoms with Gasteiger partial charge in [-0.3, -0.25) is 5.32 Å². The van der Waals surface area contributed by atoms with Crippen LogP contribution in [0.15, 0.2) is 52.7 Å². The Hall–Kier alpha value is -2.89. The maximum Gasteiger partial charge on any atom is 0.411 e. The smallest absolute Gasteiger partial charge is 0.411 e. The molecule has 0 aromatic heterocycles. The lowest BCUT2D eigenvalue weighted by Gasteiger charge is -2.03. The molecule has 0 saturated heterocycles. The molecule has 2 aromatic rings. The van der Waals surface area contributed by atoms with E-state index in [9.17, 15) is 4.79 Å². The largest absolute Gasteiger partial charge is 0.453 e. The van der Waals surface area contributed by atoms with Gasteiger partial charge >= 0.3 is 6.09 Å². The van der Waals surface area contributed by atoms with Crippen LogP contribution in [0.25, 0.3) is 0 Å². The number of benzene rings is 2. The number of hydrogen-bond acceptors (Lipinski definition) is 5. The van der Waals surface area contributed by atoms with Crippen LogP contribution in [0.3, 0.4) is 0 Å². The first-order valence-electron chi connectivity index (χ1n) is 6.31. The first kappa shape index (κ1) is 14.5. The van der Waals surface area contributed by atoms with Crippen LogP contribution in [0.1, 0.15) is 5.56 Å². The van der Waals surface area contributed by atoms with E-state index in [1.54, 1.807) is 30.3 Å². The molecular formula is C15H16N4O2. The van der Waals surface area contributed by atoms with Crippen LogP contribution < -0.4 is 11.1 Å². The van der Waals surface area contributed by atoms with Crippen molar-refractivity contribution >= 4 is 28.8 Å². The highest BCUT2D eigenvalue weighted by molar-refractivity contribution is 5.84. The van der Waals surface area contributed by atoms with E-state index in [0.29, 0.717) is 17.1 Å². The predicted molar refractivity (Wildman–Crippen MR) is 82.2 cm³/mol. The van der Waals surface area contributed by atoms with Gasteiger partial charge in [-0.1, -0.05) is 6.07 Å². The number of nitrogen functional groups attached to an aromatic ring is 1. The van der Waals surface area contributed by atoms with Gasteiger partial charge in [-0.2, -0.15) is 10.2 Å². The van der Waals surface area contributed by atoms with E-state index in [1.165, 1.54) is 7.11 Å². The molecule has 0 spiro atoms.